The monoisotopic (exact) mass is 380 g/mol. The molecule has 1 amide bonds. The molecule has 25 heavy (non-hydrogen) atoms. The van der Waals surface area contributed by atoms with Gasteiger partial charge in [-0.25, -0.2) is 0 Å². The molecule has 4 nitrogen and oxygen atoms in total. The summed E-state index contributed by atoms with van der Waals surface area (Å²) in [7, 11) is 3.90. The van der Waals surface area contributed by atoms with E-state index in [4.69, 9.17) is 27.9 Å². The Morgan fingerprint density at radius 2 is 1.76 bits per heavy atom. The molecule has 134 valence electrons. The summed E-state index contributed by atoms with van der Waals surface area (Å²) in [5.74, 6) is 0.413. The third-order valence-electron chi connectivity index (χ3n) is 3.85. The highest BCUT2D eigenvalue weighted by molar-refractivity contribution is 6.31. The number of nitrogens with zero attached hydrogens (tertiary/aromatic N) is 1. The van der Waals surface area contributed by atoms with E-state index in [1.54, 1.807) is 31.2 Å². The van der Waals surface area contributed by atoms with Gasteiger partial charge in [0.1, 0.15) is 5.75 Å². The Bertz CT molecular complexity index is 705. The molecule has 0 aliphatic carbocycles. The highest BCUT2D eigenvalue weighted by atomic mass is 35.5. The molecule has 0 saturated carbocycles. The summed E-state index contributed by atoms with van der Waals surface area (Å²) >= 11 is 12.1. The lowest BCUT2D eigenvalue weighted by molar-refractivity contribution is -0.127. The predicted octanol–water partition coefficient (Wildman–Crippen LogP) is 4.18. The van der Waals surface area contributed by atoms with Gasteiger partial charge in [-0.2, -0.15) is 0 Å². The first-order valence-electron chi connectivity index (χ1n) is 7.99. The van der Waals surface area contributed by atoms with E-state index in [1.165, 1.54) is 0 Å². The zero-order valence-corrected chi connectivity index (χ0v) is 16.0. The molecule has 2 aromatic rings. The maximum absolute atomic E-state index is 12.3. The Morgan fingerprint density at radius 1 is 1.12 bits per heavy atom. The second kappa shape index (κ2) is 9.09. The Hall–Kier alpha value is -1.75. The van der Waals surface area contributed by atoms with Gasteiger partial charge in [0.05, 0.1) is 6.04 Å². The second-order valence-corrected chi connectivity index (χ2v) is 6.80. The summed E-state index contributed by atoms with van der Waals surface area (Å²) in [6.45, 7) is 2.15. The molecular weight excluding hydrogens is 359 g/mol. The van der Waals surface area contributed by atoms with Crippen LogP contribution in [0.1, 0.15) is 18.5 Å². The second-order valence-electron chi connectivity index (χ2n) is 5.96. The molecule has 0 heterocycles. The van der Waals surface area contributed by atoms with Crippen molar-refractivity contribution in [2.75, 3.05) is 20.6 Å². The number of benzene rings is 2. The Labute approximate surface area is 158 Å². The van der Waals surface area contributed by atoms with Crippen LogP contribution in [0.3, 0.4) is 0 Å². The fourth-order valence-electron chi connectivity index (χ4n) is 2.43. The fraction of sp³-hybridized carbons (Fsp3) is 0.316. The maximum atomic E-state index is 12.3. The topological polar surface area (TPSA) is 41.6 Å². The summed E-state index contributed by atoms with van der Waals surface area (Å²) < 4.78 is 5.64. The molecule has 2 atom stereocenters. The molecule has 0 spiro atoms. The van der Waals surface area contributed by atoms with Crippen LogP contribution in [0.5, 0.6) is 5.75 Å². The van der Waals surface area contributed by atoms with Gasteiger partial charge in [0, 0.05) is 16.6 Å². The van der Waals surface area contributed by atoms with E-state index in [1.807, 2.05) is 43.3 Å². The molecule has 0 fully saturated rings. The van der Waals surface area contributed by atoms with Crippen molar-refractivity contribution in [1.29, 1.82) is 0 Å². The molecule has 0 aliphatic heterocycles. The number of carbonyl (C=O) groups is 1. The van der Waals surface area contributed by atoms with Crippen molar-refractivity contribution < 1.29 is 9.53 Å². The van der Waals surface area contributed by atoms with Crippen LogP contribution in [0.15, 0.2) is 48.5 Å². The van der Waals surface area contributed by atoms with Crippen molar-refractivity contribution >= 4 is 29.1 Å². The number of carbonyl (C=O) groups excluding carboxylic acids is 1. The van der Waals surface area contributed by atoms with Crippen molar-refractivity contribution in [3.8, 4) is 5.75 Å². The van der Waals surface area contributed by atoms with Gasteiger partial charge in [-0.3, -0.25) is 4.79 Å². The Balaban J connectivity index is 1.96. The molecule has 6 heteroatoms. The highest BCUT2D eigenvalue weighted by Gasteiger charge is 2.20. The average Bonchev–Trinajstić information content (AvgIpc) is 2.58. The molecule has 2 rings (SSSR count). The van der Waals surface area contributed by atoms with Crippen LogP contribution in [0.2, 0.25) is 10.0 Å². The number of hydrogen-bond acceptors (Lipinski definition) is 3. The van der Waals surface area contributed by atoms with E-state index in [0.29, 0.717) is 22.3 Å². The number of nitrogens with one attached hydrogen (secondary N) is 1. The van der Waals surface area contributed by atoms with Gasteiger partial charge >= 0.3 is 0 Å². The van der Waals surface area contributed by atoms with E-state index in [-0.39, 0.29) is 11.9 Å². The van der Waals surface area contributed by atoms with Crippen LogP contribution in [-0.2, 0) is 4.79 Å². The van der Waals surface area contributed by atoms with Crippen molar-refractivity contribution in [1.82, 2.24) is 10.2 Å². The van der Waals surface area contributed by atoms with Crippen LogP contribution in [0, 0.1) is 0 Å². The molecular formula is C19H22Cl2N2O2. The number of halogens is 2. The SMILES string of the molecule is CC(Oc1ccc(Cl)cc1)C(=O)NCC(c1ccccc1Cl)N(C)C. The van der Waals surface area contributed by atoms with Gasteiger partial charge in [-0.05, 0) is 56.9 Å². The van der Waals surface area contributed by atoms with E-state index in [0.717, 1.165) is 5.56 Å². The average molecular weight is 381 g/mol. The molecule has 2 aromatic carbocycles. The molecule has 0 bridgehead atoms. The third-order valence-corrected chi connectivity index (χ3v) is 4.45. The standard InChI is InChI=1S/C19H22Cl2N2O2/c1-13(25-15-10-8-14(20)9-11-15)19(24)22-12-18(23(2)3)16-6-4-5-7-17(16)21/h4-11,13,18H,12H2,1-3H3,(H,22,24). The first-order chi connectivity index (χ1) is 11.9. The smallest absolute Gasteiger partial charge is 0.260 e. The number of hydrogen-bond donors (Lipinski definition) is 1. The minimum atomic E-state index is -0.616. The van der Waals surface area contributed by atoms with Crippen LogP contribution >= 0.6 is 23.2 Å². The largest absolute Gasteiger partial charge is 0.481 e. The summed E-state index contributed by atoms with van der Waals surface area (Å²) in [4.78, 5) is 14.4. The molecule has 2 unspecified atom stereocenters. The van der Waals surface area contributed by atoms with Gasteiger partial charge in [0.25, 0.3) is 5.91 Å². The lowest BCUT2D eigenvalue weighted by Gasteiger charge is -2.26. The van der Waals surface area contributed by atoms with Gasteiger partial charge in [0.2, 0.25) is 0 Å². The zero-order chi connectivity index (χ0) is 18.4. The first kappa shape index (κ1) is 19.6. The Morgan fingerprint density at radius 3 is 2.36 bits per heavy atom. The molecule has 0 saturated heterocycles. The highest BCUT2D eigenvalue weighted by Crippen LogP contribution is 2.25. The first-order valence-corrected chi connectivity index (χ1v) is 8.75. The summed E-state index contributed by atoms with van der Waals surface area (Å²) in [5, 5.41) is 4.24. The summed E-state index contributed by atoms with van der Waals surface area (Å²) in [6.07, 6.45) is -0.616. The van der Waals surface area contributed by atoms with E-state index in [2.05, 4.69) is 5.32 Å². The van der Waals surface area contributed by atoms with Crippen LogP contribution in [0.4, 0.5) is 0 Å². The van der Waals surface area contributed by atoms with Crippen LogP contribution in [0.25, 0.3) is 0 Å². The van der Waals surface area contributed by atoms with Gasteiger partial charge in [-0.1, -0.05) is 41.4 Å². The van der Waals surface area contributed by atoms with Crippen molar-refractivity contribution in [3.05, 3.63) is 64.1 Å². The number of amides is 1. The lowest BCUT2D eigenvalue weighted by Crippen LogP contribution is -2.41. The summed E-state index contributed by atoms with van der Waals surface area (Å²) in [5.41, 5.74) is 0.973. The number of rotatable bonds is 7. The van der Waals surface area contributed by atoms with Crippen LogP contribution in [-0.4, -0.2) is 37.6 Å². The lowest BCUT2D eigenvalue weighted by atomic mass is 10.1. The van der Waals surface area contributed by atoms with E-state index in [9.17, 15) is 4.79 Å². The van der Waals surface area contributed by atoms with Gasteiger partial charge in [0.15, 0.2) is 6.10 Å². The van der Waals surface area contributed by atoms with E-state index < -0.39 is 6.10 Å². The maximum Gasteiger partial charge on any atom is 0.260 e. The quantitative estimate of drug-likeness (QED) is 0.783. The van der Waals surface area contributed by atoms with Crippen LogP contribution < -0.4 is 10.1 Å². The van der Waals surface area contributed by atoms with Gasteiger partial charge < -0.3 is 15.0 Å². The minimum absolute atomic E-state index is 0.0274. The fourth-order valence-corrected chi connectivity index (χ4v) is 2.82. The predicted molar refractivity (Wildman–Crippen MR) is 102 cm³/mol. The Kier molecular flexibility index (Phi) is 7.12. The minimum Gasteiger partial charge on any atom is -0.481 e. The number of ether oxygens (including phenoxy) is 1. The molecule has 0 aliphatic rings. The van der Waals surface area contributed by atoms with E-state index >= 15 is 0 Å². The zero-order valence-electron chi connectivity index (χ0n) is 14.5. The summed E-state index contributed by atoms with van der Waals surface area (Å²) in [6, 6.07) is 14.5. The third kappa shape index (κ3) is 5.63. The van der Waals surface area contributed by atoms with Crippen molar-refractivity contribution in [2.24, 2.45) is 0 Å². The normalized spacial score (nSPS) is 13.4. The molecule has 1 N–H and O–H groups in total. The number of likely N-dealkylation sites (N-methyl/N-ethyl adjacent to an activating group) is 1. The van der Waals surface area contributed by atoms with Crippen molar-refractivity contribution in [2.45, 2.75) is 19.1 Å². The molecule has 0 radical (unpaired) electrons. The van der Waals surface area contributed by atoms with Gasteiger partial charge in [-0.15, -0.1) is 0 Å². The molecule has 0 aromatic heterocycles. The van der Waals surface area contributed by atoms with Crippen molar-refractivity contribution in [3.63, 3.8) is 0 Å².